The van der Waals surface area contributed by atoms with Gasteiger partial charge in [0.2, 0.25) is 0 Å². The molecular formula is C19H17F4N3O2. The number of amides is 3. The highest BCUT2D eigenvalue weighted by Crippen LogP contribution is 2.32. The van der Waals surface area contributed by atoms with E-state index in [-0.39, 0.29) is 26.2 Å². The number of alkyl halides is 3. The Hall–Kier alpha value is -3.10. The first kappa shape index (κ1) is 19.7. The summed E-state index contributed by atoms with van der Waals surface area (Å²) in [5.41, 5.74) is -0.959. The number of rotatable bonds is 2. The molecule has 2 aromatic rings. The van der Waals surface area contributed by atoms with Gasteiger partial charge in [-0.1, -0.05) is 12.1 Å². The van der Waals surface area contributed by atoms with Crippen molar-refractivity contribution in [2.75, 3.05) is 31.5 Å². The van der Waals surface area contributed by atoms with Crippen LogP contribution in [0.15, 0.2) is 48.5 Å². The van der Waals surface area contributed by atoms with Crippen molar-refractivity contribution in [3.63, 3.8) is 0 Å². The Morgan fingerprint density at radius 3 is 2.04 bits per heavy atom. The SMILES string of the molecule is O=C(Nc1ccc(F)cc1)N1CCN(C(=O)c2ccccc2C(F)(F)F)CC1. The van der Waals surface area contributed by atoms with Crippen LogP contribution >= 0.6 is 0 Å². The second kappa shape index (κ2) is 7.87. The first-order chi connectivity index (χ1) is 13.3. The van der Waals surface area contributed by atoms with Gasteiger partial charge in [-0.15, -0.1) is 0 Å². The van der Waals surface area contributed by atoms with E-state index in [0.29, 0.717) is 5.69 Å². The van der Waals surface area contributed by atoms with Crippen LogP contribution in [0.4, 0.5) is 28.0 Å². The van der Waals surface area contributed by atoms with Crippen molar-refractivity contribution < 1.29 is 27.2 Å². The van der Waals surface area contributed by atoms with E-state index in [1.807, 2.05) is 0 Å². The van der Waals surface area contributed by atoms with Crippen LogP contribution in [0.25, 0.3) is 0 Å². The number of anilines is 1. The Labute approximate surface area is 158 Å². The van der Waals surface area contributed by atoms with Gasteiger partial charge in [0.25, 0.3) is 5.91 Å². The quantitative estimate of drug-likeness (QED) is 0.786. The van der Waals surface area contributed by atoms with E-state index in [1.54, 1.807) is 0 Å². The van der Waals surface area contributed by atoms with Crippen molar-refractivity contribution in [2.24, 2.45) is 0 Å². The molecule has 1 aliphatic heterocycles. The summed E-state index contributed by atoms with van der Waals surface area (Å²) >= 11 is 0. The third-order valence-corrected chi connectivity index (χ3v) is 4.41. The Bertz CT molecular complexity index is 860. The van der Waals surface area contributed by atoms with Gasteiger partial charge in [0.05, 0.1) is 11.1 Å². The van der Waals surface area contributed by atoms with Gasteiger partial charge in [-0.05, 0) is 36.4 Å². The number of hydrogen-bond acceptors (Lipinski definition) is 2. The van der Waals surface area contributed by atoms with Crippen molar-refractivity contribution in [3.8, 4) is 0 Å². The molecule has 2 aromatic carbocycles. The van der Waals surface area contributed by atoms with E-state index >= 15 is 0 Å². The highest BCUT2D eigenvalue weighted by atomic mass is 19.4. The number of piperazine rings is 1. The van der Waals surface area contributed by atoms with Gasteiger partial charge in [-0.3, -0.25) is 4.79 Å². The zero-order valence-electron chi connectivity index (χ0n) is 14.7. The minimum atomic E-state index is -4.62. The molecule has 0 unspecified atom stereocenters. The molecule has 0 spiro atoms. The Kier molecular flexibility index (Phi) is 5.53. The van der Waals surface area contributed by atoms with E-state index in [9.17, 15) is 27.2 Å². The molecule has 3 amide bonds. The fraction of sp³-hybridized carbons (Fsp3) is 0.263. The standard InChI is InChI=1S/C19H17F4N3O2/c20-13-5-7-14(8-6-13)24-18(28)26-11-9-25(10-12-26)17(27)15-3-1-2-4-16(15)19(21,22)23/h1-8H,9-12H2,(H,24,28). The molecule has 1 N–H and O–H groups in total. The second-order valence-corrected chi connectivity index (χ2v) is 6.26. The van der Waals surface area contributed by atoms with E-state index in [0.717, 1.165) is 12.1 Å². The summed E-state index contributed by atoms with van der Waals surface area (Å²) in [5, 5.41) is 2.61. The van der Waals surface area contributed by atoms with Gasteiger partial charge in [-0.2, -0.15) is 13.2 Å². The lowest BCUT2D eigenvalue weighted by Crippen LogP contribution is -2.51. The lowest BCUT2D eigenvalue weighted by molar-refractivity contribution is -0.138. The van der Waals surface area contributed by atoms with Crippen molar-refractivity contribution in [1.82, 2.24) is 9.80 Å². The topological polar surface area (TPSA) is 52.7 Å². The fourth-order valence-electron chi connectivity index (χ4n) is 2.94. The average Bonchev–Trinajstić information content (AvgIpc) is 2.68. The second-order valence-electron chi connectivity index (χ2n) is 6.26. The van der Waals surface area contributed by atoms with Crippen LogP contribution in [0.5, 0.6) is 0 Å². The number of carbonyl (C=O) groups excluding carboxylic acids is 2. The van der Waals surface area contributed by atoms with Gasteiger partial charge in [0.15, 0.2) is 0 Å². The Morgan fingerprint density at radius 1 is 0.857 bits per heavy atom. The predicted molar refractivity (Wildman–Crippen MR) is 94.3 cm³/mol. The van der Waals surface area contributed by atoms with E-state index in [4.69, 9.17) is 0 Å². The number of halogens is 4. The largest absolute Gasteiger partial charge is 0.417 e. The van der Waals surface area contributed by atoms with Gasteiger partial charge in [0.1, 0.15) is 5.82 Å². The zero-order valence-corrected chi connectivity index (χ0v) is 14.7. The lowest BCUT2D eigenvalue weighted by atomic mass is 10.1. The summed E-state index contributed by atoms with van der Waals surface area (Å²) in [6, 6.07) is 9.48. The summed E-state index contributed by atoms with van der Waals surface area (Å²) in [6.07, 6.45) is -4.62. The van der Waals surface area contributed by atoms with Crippen LogP contribution in [-0.4, -0.2) is 47.9 Å². The molecule has 0 atom stereocenters. The molecule has 148 valence electrons. The van der Waals surface area contributed by atoms with E-state index < -0.39 is 35.1 Å². The van der Waals surface area contributed by atoms with Gasteiger partial charge >= 0.3 is 12.2 Å². The molecule has 0 bridgehead atoms. The number of benzene rings is 2. The van der Waals surface area contributed by atoms with Crippen molar-refractivity contribution in [2.45, 2.75) is 6.18 Å². The van der Waals surface area contributed by atoms with Crippen LogP contribution in [0.3, 0.4) is 0 Å². The first-order valence-electron chi connectivity index (χ1n) is 8.53. The number of hydrogen-bond donors (Lipinski definition) is 1. The molecule has 0 aliphatic carbocycles. The average molecular weight is 395 g/mol. The number of nitrogens with zero attached hydrogens (tertiary/aromatic N) is 2. The third-order valence-electron chi connectivity index (χ3n) is 4.41. The zero-order chi connectivity index (χ0) is 20.3. The minimum absolute atomic E-state index is 0.113. The van der Waals surface area contributed by atoms with Crippen LogP contribution in [0.1, 0.15) is 15.9 Å². The number of nitrogens with one attached hydrogen (secondary N) is 1. The molecule has 0 aromatic heterocycles. The highest BCUT2D eigenvalue weighted by Gasteiger charge is 2.36. The van der Waals surface area contributed by atoms with Crippen molar-refractivity contribution in [3.05, 3.63) is 65.5 Å². The lowest BCUT2D eigenvalue weighted by Gasteiger charge is -2.35. The van der Waals surface area contributed by atoms with Crippen LogP contribution in [-0.2, 0) is 6.18 Å². The number of urea groups is 1. The molecule has 0 saturated carbocycles. The molecule has 3 rings (SSSR count). The normalized spacial score (nSPS) is 14.7. The van der Waals surface area contributed by atoms with Crippen LogP contribution in [0.2, 0.25) is 0 Å². The maximum atomic E-state index is 13.1. The first-order valence-corrected chi connectivity index (χ1v) is 8.53. The van der Waals surface area contributed by atoms with Gasteiger partial charge in [0, 0.05) is 31.9 Å². The van der Waals surface area contributed by atoms with Crippen LogP contribution < -0.4 is 5.32 Å². The Balaban J connectivity index is 1.62. The molecule has 1 aliphatic rings. The van der Waals surface area contributed by atoms with Crippen molar-refractivity contribution in [1.29, 1.82) is 0 Å². The van der Waals surface area contributed by atoms with Gasteiger partial charge in [-0.25, -0.2) is 9.18 Å². The van der Waals surface area contributed by atoms with Gasteiger partial charge < -0.3 is 15.1 Å². The van der Waals surface area contributed by atoms with Crippen molar-refractivity contribution >= 4 is 17.6 Å². The summed E-state index contributed by atoms with van der Waals surface area (Å²) in [6.45, 7) is 0.573. The molecule has 5 nitrogen and oxygen atoms in total. The summed E-state index contributed by atoms with van der Waals surface area (Å²) < 4.78 is 52.3. The third kappa shape index (κ3) is 4.41. The molecule has 9 heteroatoms. The Morgan fingerprint density at radius 2 is 1.43 bits per heavy atom. The van der Waals surface area contributed by atoms with Crippen LogP contribution in [0, 0.1) is 5.82 Å². The number of carbonyl (C=O) groups is 2. The molecule has 1 saturated heterocycles. The fourth-order valence-corrected chi connectivity index (χ4v) is 2.94. The van der Waals surface area contributed by atoms with E-state index in [1.165, 1.54) is 46.2 Å². The molecule has 0 radical (unpaired) electrons. The smallest absolute Gasteiger partial charge is 0.335 e. The molecule has 1 heterocycles. The highest BCUT2D eigenvalue weighted by molar-refractivity contribution is 5.96. The monoisotopic (exact) mass is 395 g/mol. The molecule has 1 fully saturated rings. The maximum Gasteiger partial charge on any atom is 0.417 e. The maximum absolute atomic E-state index is 13.1. The van der Waals surface area contributed by atoms with E-state index in [2.05, 4.69) is 5.32 Å². The predicted octanol–water partition coefficient (Wildman–Crippen LogP) is 3.83. The molecular weight excluding hydrogens is 378 g/mol. The molecule has 28 heavy (non-hydrogen) atoms. The summed E-state index contributed by atoms with van der Waals surface area (Å²) in [4.78, 5) is 27.5. The summed E-state index contributed by atoms with van der Waals surface area (Å²) in [5.74, 6) is -1.14. The summed E-state index contributed by atoms with van der Waals surface area (Å²) in [7, 11) is 0. The minimum Gasteiger partial charge on any atom is -0.335 e.